The largest absolute Gasteiger partial charge is 0.368 e. The highest BCUT2D eigenvalue weighted by atomic mass is 16.2. The minimum absolute atomic E-state index is 0.00727. The summed E-state index contributed by atoms with van der Waals surface area (Å²) < 4.78 is 0. The Labute approximate surface area is 287 Å². The van der Waals surface area contributed by atoms with E-state index in [0.29, 0.717) is 31.4 Å². The van der Waals surface area contributed by atoms with Crippen LogP contribution in [0.4, 0.5) is 0 Å². The van der Waals surface area contributed by atoms with Crippen LogP contribution in [-0.2, 0) is 48.0 Å². The SMILES string of the molecule is CC[C@H](C)[C@H](NC(=O)C(=O)C(Cc1ccccc1)NC(=O)[C@H](Cc1ccccc1)NC(=O)Cc1ccccc1)C(=O)N1CCC[C@H]1C(N)=O. The number of Topliss-reactive ketones (excluding diaryl/α,β-unsaturated/α-hetero) is 1. The summed E-state index contributed by atoms with van der Waals surface area (Å²) in [6.07, 6.45) is 1.72. The second kappa shape index (κ2) is 17.7. The molecule has 0 spiro atoms. The zero-order valence-corrected chi connectivity index (χ0v) is 28.0. The summed E-state index contributed by atoms with van der Waals surface area (Å²) in [5.74, 6) is -4.47. The van der Waals surface area contributed by atoms with E-state index in [1.807, 2.05) is 73.7 Å². The third-order valence-corrected chi connectivity index (χ3v) is 8.91. The van der Waals surface area contributed by atoms with Crippen molar-refractivity contribution in [1.29, 1.82) is 0 Å². The van der Waals surface area contributed by atoms with Crippen molar-refractivity contribution in [2.45, 2.75) is 76.5 Å². The molecule has 3 aromatic carbocycles. The number of hydrogen-bond acceptors (Lipinski definition) is 6. The van der Waals surface area contributed by atoms with Crippen molar-refractivity contribution in [3.63, 3.8) is 0 Å². The fraction of sp³-hybridized carbons (Fsp3) is 0.368. The normalized spacial score (nSPS) is 16.4. The lowest BCUT2D eigenvalue weighted by atomic mass is 9.96. The van der Waals surface area contributed by atoms with Gasteiger partial charge in [0.05, 0.1) is 6.42 Å². The number of likely N-dealkylation sites (tertiary alicyclic amines) is 1. The lowest BCUT2D eigenvalue weighted by Gasteiger charge is -2.31. The van der Waals surface area contributed by atoms with Crippen LogP contribution in [0.1, 0.15) is 49.8 Å². The number of nitrogens with two attached hydrogens (primary N) is 1. The van der Waals surface area contributed by atoms with Crippen LogP contribution in [0.15, 0.2) is 91.0 Å². The van der Waals surface area contributed by atoms with Gasteiger partial charge in [0.15, 0.2) is 0 Å². The zero-order chi connectivity index (χ0) is 35.3. The van der Waals surface area contributed by atoms with Crippen molar-refractivity contribution < 1.29 is 28.8 Å². The molecular weight excluding hydrogens is 622 g/mol. The Balaban J connectivity index is 1.56. The maximum absolute atomic E-state index is 13.9. The Morgan fingerprint density at radius 3 is 1.82 bits per heavy atom. The number of benzene rings is 3. The third-order valence-electron chi connectivity index (χ3n) is 8.91. The van der Waals surface area contributed by atoms with Crippen LogP contribution in [-0.4, -0.2) is 70.9 Å². The molecule has 3 aromatic rings. The average molecular weight is 668 g/mol. The number of amides is 5. The van der Waals surface area contributed by atoms with Gasteiger partial charge in [-0.2, -0.15) is 0 Å². The van der Waals surface area contributed by atoms with Crippen LogP contribution in [0.5, 0.6) is 0 Å². The molecule has 0 aliphatic carbocycles. The van der Waals surface area contributed by atoms with Gasteiger partial charge in [-0.3, -0.25) is 28.8 Å². The van der Waals surface area contributed by atoms with Gasteiger partial charge in [0.1, 0.15) is 24.2 Å². The maximum atomic E-state index is 13.9. The van der Waals surface area contributed by atoms with E-state index in [2.05, 4.69) is 16.0 Å². The van der Waals surface area contributed by atoms with E-state index in [0.717, 1.165) is 11.1 Å². The first kappa shape index (κ1) is 36.5. The highest BCUT2D eigenvalue weighted by Crippen LogP contribution is 2.21. The summed E-state index contributed by atoms with van der Waals surface area (Å²) in [7, 11) is 0. The molecule has 258 valence electrons. The average Bonchev–Trinajstić information content (AvgIpc) is 3.61. The van der Waals surface area contributed by atoms with Crippen molar-refractivity contribution in [3.05, 3.63) is 108 Å². The van der Waals surface area contributed by atoms with Crippen LogP contribution < -0.4 is 21.7 Å². The van der Waals surface area contributed by atoms with Gasteiger partial charge >= 0.3 is 0 Å². The van der Waals surface area contributed by atoms with E-state index in [9.17, 15) is 28.8 Å². The van der Waals surface area contributed by atoms with Gasteiger partial charge in [-0.05, 0) is 35.4 Å². The number of carbonyl (C=O) groups is 6. The minimum atomic E-state index is -1.31. The molecule has 11 nitrogen and oxygen atoms in total. The fourth-order valence-corrected chi connectivity index (χ4v) is 5.98. The van der Waals surface area contributed by atoms with Gasteiger partial charge in [-0.1, -0.05) is 111 Å². The molecule has 0 bridgehead atoms. The first-order valence-corrected chi connectivity index (χ1v) is 16.7. The van der Waals surface area contributed by atoms with E-state index in [4.69, 9.17) is 5.73 Å². The van der Waals surface area contributed by atoms with Gasteiger partial charge in [-0.25, -0.2) is 0 Å². The highest BCUT2D eigenvalue weighted by molar-refractivity contribution is 6.39. The Morgan fingerprint density at radius 1 is 0.755 bits per heavy atom. The monoisotopic (exact) mass is 667 g/mol. The molecule has 4 rings (SSSR count). The van der Waals surface area contributed by atoms with Crippen molar-refractivity contribution in [2.75, 3.05) is 6.54 Å². The van der Waals surface area contributed by atoms with Gasteiger partial charge in [0.25, 0.3) is 5.91 Å². The summed E-state index contributed by atoms with van der Waals surface area (Å²) in [4.78, 5) is 81.5. The standard InChI is InChI=1S/C38H45N5O6/c1-3-25(2)33(38(49)43-21-13-20-31(43)35(39)46)42-37(48)34(45)29(22-26-14-7-4-8-15-26)41-36(47)30(23-27-16-9-5-10-17-27)40-32(44)24-28-18-11-6-12-19-28/h4-12,14-19,25,29-31,33H,3,13,20-24H2,1-2H3,(H2,39,46)(H,40,44)(H,41,47)(H,42,48)/t25-,29?,30-,31-,33-/m0/s1. The molecule has 1 aliphatic rings. The van der Waals surface area contributed by atoms with Crippen molar-refractivity contribution in [3.8, 4) is 0 Å². The molecular formula is C38H45N5O6. The first-order chi connectivity index (χ1) is 23.6. The second-order valence-corrected chi connectivity index (χ2v) is 12.5. The molecule has 0 aromatic heterocycles. The molecule has 5 amide bonds. The Bertz CT molecular complexity index is 1600. The van der Waals surface area contributed by atoms with Gasteiger partial charge < -0.3 is 26.6 Å². The highest BCUT2D eigenvalue weighted by Gasteiger charge is 2.40. The number of nitrogens with zero attached hydrogens (tertiary/aromatic N) is 1. The van der Waals surface area contributed by atoms with Crippen LogP contribution in [0.25, 0.3) is 0 Å². The molecule has 1 aliphatic heterocycles. The molecule has 1 heterocycles. The predicted octanol–water partition coefficient (Wildman–Crippen LogP) is 2.26. The summed E-state index contributed by atoms with van der Waals surface area (Å²) in [6.45, 7) is 3.94. The van der Waals surface area contributed by atoms with E-state index in [1.165, 1.54) is 4.90 Å². The molecule has 1 fully saturated rings. The minimum Gasteiger partial charge on any atom is -0.368 e. The number of carbonyl (C=O) groups excluding carboxylic acids is 6. The third kappa shape index (κ3) is 10.3. The number of ketones is 1. The molecule has 1 unspecified atom stereocenters. The van der Waals surface area contributed by atoms with E-state index in [-0.39, 0.29) is 31.1 Å². The lowest BCUT2D eigenvalue weighted by Crippen LogP contribution is -2.59. The van der Waals surface area contributed by atoms with Crippen molar-refractivity contribution in [1.82, 2.24) is 20.9 Å². The van der Waals surface area contributed by atoms with Gasteiger partial charge in [0, 0.05) is 19.4 Å². The number of hydrogen-bond donors (Lipinski definition) is 4. The van der Waals surface area contributed by atoms with Crippen LogP contribution in [0.2, 0.25) is 0 Å². The maximum Gasteiger partial charge on any atom is 0.290 e. The van der Waals surface area contributed by atoms with Crippen molar-refractivity contribution in [2.24, 2.45) is 11.7 Å². The van der Waals surface area contributed by atoms with Crippen LogP contribution in [0, 0.1) is 5.92 Å². The van der Waals surface area contributed by atoms with Gasteiger partial charge in [0.2, 0.25) is 29.4 Å². The second-order valence-electron chi connectivity index (χ2n) is 12.5. The van der Waals surface area contributed by atoms with E-state index < -0.39 is 53.6 Å². The topological polar surface area (TPSA) is 168 Å². The number of primary amides is 1. The van der Waals surface area contributed by atoms with Crippen LogP contribution in [0.3, 0.4) is 0 Å². The quantitative estimate of drug-likeness (QED) is 0.171. The van der Waals surface area contributed by atoms with E-state index in [1.54, 1.807) is 31.2 Å². The molecule has 1 saturated heterocycles. The van der Waals surface area contributed by atoms with Gasteiger partial charge in [-0.15, -0.1) is 0 Å². The first-order valence-electron chi connectivity index (χ1n) is 16.7. The Morgan fingerprint density at radius 2 is 1.29 bits per heavy atom. The molecule has 0 saturated carbocycles. The smallest absolute Gasteiger partial charge is 0.290 e. The zero-order valence-electron chi connectivity index (χ0n) is 28.0. The van der Waals surface area contributed by atoms with Crippen molar-refractivity contribution >= 4 is 35.3 Å². The summed E-state index contributed by atoms with van der Waals surface area (Å²) in [5, 5.41) is 8.17. The number of rotatable bonds is 16. The molecule has 49 heavy (non-hydrogen) atoms. The number of nitrogens with one attached hydrogen (secondary N) is 3. The fourth-order valence-electron chi connectivity index (χ4n) is 5.98. The van der Waals surface area contributed by atoms with Crippen LogP contribution >= 0.6 is 0 Å². The van der Waals surface area contributed by atoms with E-state index >= 15 is 0 Å². The molecule has 5 N–H and O–H groups in total. The molecule has 11 heteroatoms. The molecule has 0 radical (unpaired) electrons. The Hall–Kier alpha value is -5.32. The molecule has 5 atom stereocenters. The predicted molar refractivity (Wildman–Crippen MR) is 185 cm³/mol. The summed E-state index contributed by atoms with van der Waals surface area (Å²) in [6, 6.07) is 23.0. The summed E-state index contributed by atoms with van der Waals surface area (Å²) >= 11 is 0. The summed E-state index contributed by atoms with van der Waals surface area (Å²) in [5.41, 5.74) is 7.80. The lowest BCUT2D eigenvalue weighted by molar-refractivity contribution is -0.145. The Kier molecular flexibility index (Phi) is 13.2.